The van der Waals surface area contributed by atoms with Crippen LogP contribution in [0.15, 0.2) is 28.9 Å². The van der Waals surface area contributed by atoms with E-state index in [0.717, 1.165) is 21.9 Å². The maximum atomic E-state index is 5.92. The van der Waals surface area contributed by atoms with Crippen molar-refractivity contribution in [3.63, 3.8) is 0 Å². The van der Waals surface area contributed by atoms with Crippen LogP contribution in [0.5, 0.6) is 0 Å². The van der Waals surface area contributed by atoms with Gasteiger partial charge in [0.25, 0.3) is 0 Å². The van der Waals surface area contributed by atoms with Crippen molar-refractivity contribution < 1.29 is 4.42 Å². The fraction of sp³-hybridized carbons (Fsp3) is 0.0909. The van der Waals surface area contributed by atoms with E-state index in [-0.39, 0.29) is 0 Å². The zero-order chi connectivity index (χ0) is 10.6. The van der Waals surface area contributed by atoms with Gasteiger partial charge < -0.3 is 20.5 Å². The van der Waals surface area contributed by atoms with E-state index in [4.69, 9.17) is 15.9 Å². The number of fused-ring (bicyclic) bond motifs is 2. The first-order valence-corrected chi connectivity index (χ1v) is 4.69. The Morgan fingerprint density at radius 1 is 1.27 bits per heavy atom. The molecular formula is C11H11N3O. The van der Waals surface area contributed by atoms with Crippen LogP contribution in [0, 0.1) is 0 Å². The molecule has 3 aromatic rings. The van der Waals surface area contributed by atoms with Gasteiger partial charge in [0.15, 0.2) is 0 Å². The van der Waals surface area contributed by atoms with E-state index in [1.54, 1.807) is 6.26 Å². The predicted molar refractivity (Wildman–Crippen MR) is 61.5 cm³/mol. The summed E-state index contributed by atoms with van der Waals surface area (Å²) >= 11 is 0. The maximum absolute atomic E-state index is 5.92. The number of benzene rings is 1. The molecule has 2 heterocycles. The molecular weight excluding hydrogens is 190 g/mol. The molecule has 0 aliphatic rings. The van der Waals surface area contributed by atoms with Gasteiger partial charge in [-0.2, -0.15) is 0 Å². The summed E-state index contributed by atoms with van der Waals surface area (Å²) in [7, 11) is 1.89. The fourth-order valence-electron chi connectivity index (χ4n) is 1.94. The molecule has 0 radical (unpaired) electrons. The minimum atomic E-state index is 0.595. The second-order valence-corrected chi connectivity index (χ2v) is 3.69. The number of nitrogens with zero attached hydrogens (tertiary/aromatic N) is 1. The van der Waals surface area contributed by atoms with Gasteiger partial charge in [0.05, 0.1) is 17.5 Å². The van der Waals surface area contributed by atoms with Gasteiger partial charge in [-0.1, -0.05) is 0 Å². The van der Waals surface area contributed by atoms with E-state index in [0.29, 0.717) is 11.5 Å². The molecule has 4 heteroatoms. The Hall–Kier alpha value is -2.10. The Bertz CT molecular complexity index is 609. The summed E-state index contributed by atoms with van der Waals surface area (Å²) in [5, 5.41) is 2.02. The molecule has 4 N–H and O–H groups in total. The lowest BCUT2D eigenvalue weighted by Gasteiger charge is -1.97. The molecule has 1 aromatic carbocycles. The first kappa shape index (κ1) is 8.23. The van der Waals surface area contributed by atoms with Gasteiger partial charge >= 0.3 is 0 Å². The minimum absolute atomic E-state index is 0.595. The average molecular weight is 201 g/mol. The highest BCUT2D eigenvalue weighted by Gasteiger charge is 2.11. The Kier molecular flexibility index (Phi) is 1.36. The molecule has 2 aromatic heterocycles. The van der Waals surface area contributed by atoms with Crippen molar-refractivity contribution in [2.24, 2.45) is 7.05 Å². The quantitative estimate of drug-likeness (QED) is 0.585. The van der Waals surface area contributed by atoms with Crippen molar-refractivity contribution in [3.05, 3.63) is 24.5 Å². The van der Waals surface area contributed by atoms with Crippen molar-refractivity contribution in [1.82, 2.24) is 4.57 Å². The molecule has 0 atom stereocenters. The minimum Gasteiger partial charge on any atom is -0.464 e. The van der Waals surface area contributed by atoms with E-state index in [9.17, 15) is 0 Å². The standard InChI is InChI=1S/C11H11N3O/c1-14-8-5-9-6(2-3-15-9)4-7(8)10(12)11(14)13/h2-5H,12-13H2,1H3. The van der Waals surface area contributed by atoms with Gasteiger partial charge in [0, 0.05) is 23.9 Å². The summed E-state index contributed by atoms with van der Waals surface area (Å²) in [6, 6.07) is 5.87. The van der Waals surface area contributed by atoms with Gasteiger partial charge in [-0.25, -0.2) is 0 Å². The third kappa shape index (κ3) is 0.905. The van der Waals surface area contributed by atoms with Crippen LogP contribution in [0.2, 0.25) is 0 Å². The fourth-order valence-corrected chi connectivity index (χ4v) is 1.94. The number of hydrogen-bond donors (Lipinski definition) is 2. The summed E-state index contributed by atoms with van der Waals surface area (Å²) in [4.78, 5) is 0. The summed E-state index contributed by atoms with van der Waals surface area (Å²) in [5.41, 5.74) is 14.3. The third-order valence-corrected chi connectivity index (χ3v) is 2.86. The predicted octanol–water partition coefficient (Wildman–Crippen LogP) is 2.09. The van der Waals surface area contributed by atoms with Crippen molar-refractivity contribution >= 4 is 33.4 Å². The monoisotopic (exact) mass is 201 g/mol. The lowest BCUT2D eigenvalue weighted by Crippen LogP contribution is -1.97. The first-order chi connectivity index (χ1) is 7.18. The van der Waals surface area contributed by atoms with Gasteiger partial charge in [0.2, 0.25) is 0 Å². The van der Waals surface area contributed by atoms with Crippen LogP contribution in [-0.4, -0.2) is 4.57 Å². The normalized spacial score (nSPS) is 11.5. The number of nitrogen functional groups attached to an aromatic ring is 2. The SMILES string of the molecule is Cn1c(N)c(N)c2cc3ccoc3cc21. The number of nitrogens with two attached hydrogens (primary N) is 2. The van der Waals surface area contributed by atoms with Crippen molar-refractivity contribution in [2.45, 2.75) is 0 Å². The van der Waals surface area contributed by atoms with Crippen LogP contribution in [0.25, 0.3) is 21.9 Å². The molecule has 4 nitrogen and oxygen atoms in total. The molecule has 0 spiro atoms. The molecule has 3 rings (SSSR count). The molecule has 15 heavy (non-hydrogen) atoms. The molecule has 0 unspecified atom stereocenters. The lowest BCUT2D eigenvalue weighted by atomic mass is 10.2. The molecule has 0 aliphatic heterocycles. The van der Waals surface area contributed by atoms with Crippen molar-refractivity contribution in [3.8, 4) is 0 Å². The third-order valence-electron chi connectivity index (χ3n) is 2.86. The average Bonchev–Trinajstić information content (AvgIpc) is 2.77. The van der Waals surface area contributed by atoms with Crippen molar-refractivity contribution in [2.75, 3.05) is 11.5 Å². The molecule has 0 saturated heterocycles. The van der Waals surface area contributed by atoms with Crippen LogP contribution in [0.3, 0.4) is 0 Å². The highest BCUT2D eigenvalue weighted by atomic mass is 16.3. The van der Waals surface area contributed by atoms with Gasteiger partial charge in [-0.3, -0.25) is 0 Å². The van der Waals surface area contributed by atoms with E-state index in [1.165, 1.54) is 0 Å². The number of aromatic nitrogens is 1. The van der Waals surface area contributed by atoms with Crippen LogP contribution in [0.1, 0.15) is 0 Å². The smallest absolute Gasteiger partial charge is 0.135 e. The van der Waals surface area contributed by atoms with E-state index < -0.39 is 0 Å². The highest BCUT2D eigenvalue weighted by molar-refractivity contribution is 6.04. The number of anilines is 2. The van der Waals surface area contributed by atoms with Gasteiger partial charge in [0.1, 0.15) is 11.4 Å². The molecule has 0 fully saturated rings. The number of hydrogen-bond acceptors (Lipinski definition) is 3. The van der Waals surface area contributed by atoms with Crippen LogP contribution < -0.4 is 11.5 Å². The van der Waals surface area contributed by atoms with E-state index >= 15 is 0 Å². The summed E-state index contributed by atoms with van der Waals surface area (Å²) in [5.74, 6) is 0.595. The van der Waals surface area contributed by atoms with Crippen LogP contribution >= 0.6 is 0 Å². The Morgan fingerprint density at radius 2 is 2.07 bits per heavy atom. The molecule has 0 bridgehead atoms. The first-order valence-electron chi connectivity index (χ1n) is 4.69. The summed E-state index contributed by atoms with van der Waals surface area (Å²) < 4.78 is 7.20. The van der Waals surface area contributed by atoms with Gasteiger partial charge in [-0.05, 0) is 12.1 Å². The maximum Gasteiger partial charge on any atom is 0.135 e. The summed E-state index contributed by atoms with van der Waals surface area (Å²) in [6.07, 6.45) is 1.67. The second-order valence-electron chi connectivity index (χ2n) is 3.69. The number of rotatable bonds is 0. The van der Waals surface area contributed by atoms with Crippen LogP contribution in [0.4, 0.5) is 11.5 Å². The largest absolute Gasteiger partial charge is 0.464 e. The Morgan fingerprint density at radius 3 is 2.87 bits per heavy atom. The number of aryl methyl sites for hydroxylation is 1. The zero-order valence-electron chi connectivity index (χ0n) is 8.32. The highest BCUT2D eigenvalue weighted by Crippen LogP contribution is 2.33. The lowest BCUT2D eigenvalue weighted by molar-refractivity contribution is 0.616. The van der Waals surface area contributed by atoms with E-state index in [2.05, 4.69) is 0 Å². The Balaban J connectivity index is 2.59. The molecule has 0 saturated carbocycles. The Labute approximate surface area is 86.1 Å². The van der Waals surface area contributed by atoms with Crippen molar-refractivity contribution in [1.29, 1.82) is 0 Å². The summed E-state index contributed by atoms with van der Waals surface area (Å²) in [6.45, 7) is 0. The second kappa shape index (κ2) is 2.48. The van der Waals surface area contributed by atoms with Crippen LogP contribution in [-0.2, 0) is 7.05 Å². The zero-order valence-corrected chi connectivity index (χ0v) is 8.32. The number of furan rings is 1. The topological polar surface area (TPSA) is 70.1 Å². The van der Waals surface area contributed by atoms with Gasteiger partial charge in [-0.15, -0.1) is 0 Å². The molecule has 76 valence electrons. The van der Waals surface area contributed by atoms with E-state index in [1.807, 2.05) is 29.8 Å². The molecule has 0 amide bonds. The molecule has 0 aliphatic carbocycles.